The molecule has 0 aliphatic carbocycles. The van der Waals surface area contributed by atoms with E-state index < -0.39 is 0 Å². The minimum atomic E-state index is 0.494. The first-order chi connectivity index (χ1) is 6.83. The highest BCUT2D eigenvalue weighted by Gasteiger charge is 2.07. The molecule has 0 amide bonds. The minimum Gasteiger partial charge on any atom is -0.325 e. The minimum absolute atomic E-state index is 0.494. The highest BCUT2D eigenvalue weighted by Crippen LogP contribution is 2.21. The summed E-state index contributed by atoms with van der Waals surface area (Å²) >= 11 is 0. The quantitative estimate of drug-likeness (QED) is 0.763. The van der Waals surface area contributed by atoms with Gasteiger partial charge in [0.2, 0.25) is 0 Å². The third-order valence-electron chi connectivity index (χ3n) is 2.25. The molecule has 2 rings (SSSR count). The first kappa shape index (κ1) is 8.90. The Balaban J connectivity index is 2.52. The van der Waals surface area contributed by atoms with Crippen LogP contribution in [0.3, 0.4) is 0 Å². The van der Waals surface area contributed by atoms with Gasteiger partial charge in [0.15, 0.2) is 0 Å². The van der Waals surface area contributed by atoms with Crippen molar-refractivity contribution < 1.29 is 0 Å². The molecule has 0 bridgehead atoms. The summed E-state index contributed by atoms with van der Waals surface area (Å²) in [6, 6.07) is 3.91. The molecule has 0 saturated heterocycles. The molecular weight excluding hydrogens is 176 g/mol. The van der Waals surface area contributed by atoms with Gasteiger partial charge in [-0.25, -0.2) is 0 Å². The van der Waals surface area contributed by atoms with Crippen molar-refractivity contribution in [2.75, 3.05) is 0 Å². The van der Waals surface area contributed by atoms with E-state index in [9.17, 15) is 0 Å². The van der Waals surface area contributed by atoms with Gasteiger partial charge in [-0.3, -0.25) is 9.67 Å². The molecule has 4 heteroatoms. The molecule has 0 aliphatic heterocycles. The molecule has 14 heavy (non-hydrogen) atoms. The highest BCUT2D eigenvalue weighted by atomic mass is 15.3. The van der Waals surface area contributed by atoms with Crippen LogP contribution in [0.5, 0.6) is 0 Å². The molecule has 0 spiro atoms. The summed E-state index contributed by atoms with van der Waals surface area (Å²) in [4.78, 5) is 3.97. The average molecular weight is 188 g/mol. The van der Waals surface area contributed by atoms with Gasteiger partial charge in [-0.2, -0.15) is 5.10 Å². The zero-order valence-corrected chi connectivity index (χ0v) is 8.01. The third kappa shape index (κ3) is 1.40. The van der Waals surface area contributed by atoms with Crippen molar-refractivity contribution >= 4 is 0 Å². The van der Waals surface area contributed by atoms with Gasteiger partial charge in [0.25, 0.3) is 0 Å². The number of nitrogens with two attached hydrogens (primary N) is 1. The van der Waals surface area contributed by atoms with Gasteiger partial charge in [-0.15, -0.1) is 0 Å². The van der Waals surface area contributed by atoms with Crippen molar-refractivity contribution in [2.24, 2.45) is 12.8 Å². The SMILES string of the molecule is Cn1ncc(-c2ccncc2)c1CN. The van der Waals surface area contributed by atoms with Crippen molar-refractivity contribution in [3.05, 3.63) is 36.4 Å². The molecule has 0 aliphatic rings. The zero-order chi connectivity index (χ0) is 9.97. The molecule has 0 fully saturated rings. The van der Waals surface area contributed by atoms with E-state index in [2.05, 4.69) is 10.1 Å². The Morgan fingerprint density at radius 1 is 1.36 bits per heavy atom. The van der Waals surface area contributed by atoms with Crippen LogP contribution in [0.15, 0.2) is 30.7 Å². The Morgan fingerprint density at radius 2 is 2.07 bits per heavy atom. The van der Waals surface area contributed by atoms with Crippen molar-refractivity contribution in [3.63, 3.8) is 0 Å². The Bertz CT molecular complexity index is 419. The molecule has 0 aromatic carbocycles. The molecule has 2 aromatic rings. The number of aryl methyl sites for hydroxylation is 1. The molecule has 0 unspecified atom stereocenters. The van der Waals surface area contributed by atoms with E-state index >= 15 is 0 Å². The van der Waals surface area contributed by atoms with E-state index in [0.29, 0.717) is 6.54 Å². The highest BCUT2D eigenvalue weighted by molar-refractivity contribution is 5.64. The smallest absolute Gasteiger partial charge is 0.0594 e. The molecule has 0 atom stereocenters. The van der Waals surface area contributed by atoms with Crippen LogP contribution in [0.4, 0.5) is 0 Å². The fraction of sp³-hybridized carbons (Fsp3) is 0.200. The largest absolute Gasteiger partial charge is 0.325 e. The van der Waals surface area contributed by atoms with Gasteiger partial charge < -0.3 is 5.73 Å². The molecular formula is C10H12N4. The number of hydrogen-bond acceptors (Lipinski definition) is 3. The van der Waals surface area contributed by atoms with Gasteiger partial charge >= 0.3 is 0 Å². The summed E-state index contributed by atoms with van der Waals surface area (Å²) in [5, 5.41) is 4.18. The van der Waals surface area contributed by atoms with Crippen LogP contribution in [0.2, 0.25) is 0 Å². The third-order valence-corrected chi connectivity index (χ3v) is 2.25. The first-order valence-corrected chi connectivity index (χ1v) is 4.44. The Hall–Kier alpha value is -1.68. The van der Waals surface area contributed by atoms with Crippen LogP contribution in [0.25, 0.3) is 11.1 Å². The molecule has 2 N–H and O–H groups in total. The second kappa shape index (κ2) is 3.59. The van der Waals surface area contributed by atoms with Crippen molar-refractivity contribution in [1.82, 2.24) is 14.8 Å². The van der Waals surface area contributed by atoms with Crippen LogP contribution in [0, 0.1) is 0 Å². The average Bonchev–Trinajstić information content (AvgIpc) is 2.61. The standard InChI is InChI=1S/C10H12N4/c1-14-10(6-11)9(7-13-14)8-2-4-12-5-3-8/h2-5,7H,6,11H2,1H3. The zero-order valence-electron chi connectivity index (χ0n) is 8.01. The number of nitrogens with zero attached hydrogens (tertiary/aromatic N) is 3. The van der Waals surface area contributed by atoms with E-state index in [-0.39, 0.29) is 0 Å². The van der Waals surface area contributed by atoms with E-state index in [1.165, 1.54) is 0 Å². The molecule has 4 nitrogen and oxygen atoms in total. The summed E-state index contributed by atoms with van der Waals surface area (Å²) in [7, 11) is 1.90. The van der Waals surface area contributed by atoms with Crippen LogP contribution in [-0.4, -0.2) is 14.8 Å². The van der Waals surface area contributed by atoms with Crippen LogP contribution in [0.1, 0.15) is 5.69 Å². The van der Waals surface area contributed by atoms with E-state index in [0.717, 1.165) is 16.8 Å². The molecule has 2 heterocycles. The van der Waals surface area contributed by atoms with Gasteiger partial charge in [-0.1, -0.05) is 0 Å². The molecule has 0 saturated carbocycles. The Morgan fingerprint density at radius 3 is 2.71 bits per heavy atom. The monoisotopic (exact) mass is 188 g/mol. The fourth-order valence-corrected chi connectivity index (χ4v) is 1.48. The van der Waals surface area contributed by atoms with Gasteiger partial charge in [0.1, 0.15) is 0 Å². The summed E-state index contributed by atoms with van der Waals surface area (Å²) in [5.41, 5.74) is 8.88. The maximum atomic E-state index is 5.66. The van der Waals surface area contributed by atoms with Crippen LogP contribution in [-0.2, 0) is 13.6 Å². The lowest BCUT2D eigenvalue weighted by Crippen LogP contribution is -2.05. The Kier molecular flexibility index (Phi) is 2.28. The van der Waals surface area contributed by atoms with E-state index in [4.69, 9.17) is 5.73 Å². The Labute approximate surface area is 82.4 Å². The number of aromatic nitrogens is 3. The second-order valence-corrected chi connectivity index (χ2v) is 3.07. The van der Waals surface area contributed by atoms with E-state index in [1.807, 2.05) is 25.4 Å². The van der Waals surface area contributed by atoms with Crippen molar-refractivity contribution in [2.45, 2.75) is 6.54 Å². The number of hydrogen-bond donors (Lipinski definition) is 1. The van der Waals surface area contributed by atoms with Gasteiger partial charge in [0, 0.05) is 31.5 Å². The lowest BCUT2D eigenvalue weighted by atomic mass is 10.1. The molecule has 72 valence electrons. The number of rotatable bonds is 2. The maximum Gasteiger partial charge on any atom is 0.0594 e. The first-order valence-electron chi connectivity index (χ1n) is 4.44. The topological polar surface area (TPSA) is 56.7 Å². The van der Waals surface area contributed by atoms with E-state index in [1.54, 1.807) is 17.1 Å². The predicted octanol–water partition coefficient (Wildman–Crippen LogP) is 0.941. The number of pyridine rings is 1. The second-order valence-electron chi connectivity index (χ2n) is 3.07. The summed E-state index contributed by atoms with van der Waals surface area (Å²) in [6.07, 6.45) is 5.36. The van der Waals surface area contributed by atoms with Crippen molar-refractivity contribution in [3.8, 4) is 11.1 Å². The predicted molar refractivity (Wildman–Crippen MR) is 54.3 cm³/mol. The summed E-state index contributed by atoms with van der Waals surface area (Å²) in [5.74, 6) is 0. The summed E-state index contributed by atoms with van der Waals surface area (Å²) in [6.45, 7) is 0.494. The maximum absolute atomic E-state index is 5.66. The molecule has 0 radical (unpaired) electrons. The lowest BCUT2D eigenvalue weighted by molar-refractivity contribution is 0.713. The lowest BCUT2D eigenvalue weighted by Gasteiger charge is -2.02. The molecule has 2 aromatic heterocycles. The summed E-state index contributed by atoms with van der Waals surface area (Å²) < 4.78 is 1.80. The fourth-order valence-electron chi connectivity index (χ4n) is 1.48. The van der Waals surface area contributed by atoms with Crippen molar-refractivity contribution in [1.29, 1.82) is 0 Å². The van der Waals surface area contributed by atoms with Crippen LogP contribution < -0.4 is 5.73 Å². The van der Waals surface area contributed by atoms with Gasteiger partial charge in [-0.05, 0) is 17.7 Å². The van der Waals surface area contributed by atoms with Crippen LogP contribution >= 0.6 is 0 Å². The normalized spacial score (nSPS) is 10.4. The van der Waals surface area contributed by atoms with Gasteiger partial charge in [0.05, 0.1) is 11.9 Å².